The predicted molar refractivity (Wildman–Crippen MR) is 145 cm³/mol. The topological polar surface area (TPSA) is 109 Å². The molecule has 0 amide bonds. The van der Waals surface area contributed by atoms with Crippen molar-refractivity contribution in [1.82, 2.24) is 0 Å². The summed E-state index contributed by atoms with van der Waals surface area (Å²) >= 11 is 0. The molecule has 4 rings (SSSR count). The second-order valence-corrected chi connectivity index (χ2v) is 8.76. The first kappa shape index (κ1) is 31.8. The quantitative estimate of drug-likeness (QED) is 0.127. The SMILES string of the molecule is CCCOc1ccc(C(=O)Oc2ccc(C#N)c(F)c2)c(F)c1.Cc1ccc(C(=O)Oc2ccc(C#N)c(F)c2)c(F)c1. The monoisotopic (exact) mass is 590 g/mol. The number of carbonyl (C=O) groups is 2. The smallest absolute Gasteiger partial charge is 0.346 e. The molecule has 0 saturated heterocycles. The molecular formula is C32H22F4N2O5. The zero-order valence-electron chi connectivity index (χ0n) is 22.8. The van der Waals surface area contributed by atoms with Gasteiger partial charge < -0.3 is 14.2 Å². The molecule has 0 bridgehead atoms. The first-order valence-corrected chi connectivity index (χ1v) is 12.6. The van der Waals surface area contributed by atoms with E-state index in [4.69, 9.17) is 24.7 Å². The summed E-state index contributed by atoms with van der Waals surface area (Å²) in [7, 11) is 0. The van der Waals surface area contributed by atoms with E-state index >= 15 is 0 Å². The van der Waals surface area contributed by atoms with Gasteiger partial charge in [0.1, 0.15) is 52.7 Å². The van der Waals surface area contributed by atoms with Gasteiger partial charge >= 0.3 is 11.9 Å². The van der Waals surface area contributed by atoms with Crippen LogP contribution in [0.3, 0.4) is 0 Å². The van der Waals surface area contributed by atoms with Crippen LogP contribution in [-0.2, 0) is 0 Å². The van der Waals surface area contributed by atoms with Crippen molar-refractivity contribution in [3.63, 3.8) is 0 Å². The highest BCUT2D eigenvalue weighted by Crippen LogP contribution is 2.22. The van der Waals surface area contributed by atoms with E-state index in [1.54, 1.807) is 25.1 Å². The lowest BCUT2D eigenvalue weighted by molar-refractivity contribution is 0.0719. The van der Waals surface area contributed by atoms with E-state index in [-0.39, 0.29) is 33.8 Å². The third-order valence-electron chi connectivity index (χ3n) is 5.52. The van der Waals surface area contributed by atoms with Crippen molar-refractivity contribution in [3.05, 3.63) is 124 Å². The lowest BCUT2D eigenvalue weighted by Crippen LogP contribution is -2.11. The van der Waals surface area contributed by atoms with Crippen molar-refractivity contribution in [2.24, 2.45) is 0 Å². The highest BCUT2D eigenvalue weighted by molar-refractivity contribution is 5.92. The third kappa shape index (κ3) is 8.65. The number of carbonyl (C=O) groups excluding carboxylic acids is 2. The molecule has 0 unspecified atom stereocenters. The maximum Gasteiger partial charge on any atom is 0.346 e. The summed E-state index contributed by atoms with van der Waals surface area (Å²) in [4.78, 5) is 23.7. The van der Waals surface area contributed by atoms with Crippen LogP contribution in [0.1, 0.15) is 50.8 Å². The lowest BCUT2D eigenvalue weighted by Gasteiger charge is -2.08. The number of ether oxygens (including phenoxy) is 3. The molecule has 0 spiro atoms. The molecule has 0 fully saturated rings. The number of halogens is 4. The third-order valence-corrected chi connectivity index (χ3v) is 5.52. The molecule has 0 atom stereocenters. The van der Waals surface area contributed by atoms with Gasteiger partial charge in [0.2, 0.25) is 0 Å². The number of aryl methyl sites for hydroxylation is 1. The maximum atomic E-state index is 13.9. The number of hydrogen-bond donors (Lipinski definition) is 0. The second kappa shape index (κ2) is 14.8. The van der Waals surface area contributed by atoms with E-state index in [9.17, 15) is 27.2 Å². The van der Waals surface area contributed by atoms with Gasteiger partial charge in [0.05, 0.1) is 28.9 Å². The molecule has 4 aromatic carbocycles. The Morgan fingerprint density at radius 3 is 1.51 bits per heavy atom. The van der Waals surface area contributed by atoms with E-state index < -0.39 is 35.2 Å². The number of nitrogens with zero attached hydrogens (tertiary/aromatic N) is 2. The van der Waals surface area contributed by atoms with Gasteiger partial charge in [-0.05, 0) is 67.4 Å². The van der Waals surface area contributed by atoms with Gasteiger partial charge in [-0.25, -0.2) is 27.2 Å². The number of esters is 2. The fourth-order valence-corrected chi connectivity index (χ4v) is 3.38. The van der Waals surface area contributed by atoms with Crippen LogP contribution in [0, 0.1) is 52.9 Å². The summed E-state index contributed by atoms with van der Waals surface area (Å²) in [6, 6.07) is 17.8. The fraction of sp³-hybridized carbons (Fsp3) is 0.125. The first-order valence-electron chi connectivity index (χ1n) is 12.6. The van der Waals surface area contributed by atoms with Crippen molar-refractivity contribution in [1.29, 1.82) is 10.5 Å². The minimum absolute atomic E-state index is 0.0912. The summed E-state index contributed by atoms with van der Waals surface area (Å²) < 4.78 is 69.4. The molecule has 0 N–H and O–H groups in total. The average Bonchev–Trinajstić information content (AvgIpc) is 2.96. The van der Waals surface area contributed by atoms with Crippen LogP contribution in [0.25, 0.3) is 0 Å². The van der Waals surface area contributed by atoms with Gasteiger partial charge in [0.25, 0.3) is 0 Å². The van der Waals surface area contributed by atoms with Gasteiger partial charge in [-0.1, -0.05) is 13.0 Å². The molecule has 0 aliphatic heterocycles. The molecule has 4 aromatic rings. The number of rotatable bonds is 7. The van der Waals surface area contributed by atoms with Crippen LogP contribution in [0.15, 0.2) is 72.8 Å². The summed E-state index contributed by atoms with van der Waals surface area (Å²) in [6.07, 6.45) is 0.773. The normalized spacial score (nSPS) is 9.95. The summed E-state index contributed by atoms with van der Waals surface area (Å²) in [5, 5.41) is 17.2. The molecule has 0 saturated carbocycles. The second-order valence-electron chi connectivity index (χ2n) is 8.76. The lowest BCUT2D eigenvalue weighted by atomic mass is 10.1. The molecular weight excluding hydrogens is 568 g/mol. The number of nitriles is 2. The van der Waals surface area contributed by atoms with Crippen LogP contribution in [-0.4, -0.2) is 18.5 Å². The van der Waals surface area contributed by atoms with Gasteiger partial charge in [-0.2, -0.15) is 10.5 Å². The van der Waals surface area contributed by atoms with Crippen molar-refractivity contribution >= 4 is 11.9 Å². The molecule has 0 aromatic heterocycles. The minimum Gasteiger partial charge on any atom is -0.494 e. The maximum absolute atomic E-state index is 13.9. The Kier molecular flexibility index (Phi) is 11.0. The van der Waals surface area contributed by atoms with Crippen molar-refractivity contribution < 1.29 is 41.4 Å². The predicted octanol–water partition coefficient (Wildman–Crippen LogP) is 7.21. The van der Waals surface area contributed by atoms with Crippen LogP contribution in [0.5, 0.6) is 17.2 Å². The molecule has 0 aliphatic carbocycles. The van der Waals surface area contributed by atoms with Crippen LogP contribution in [0.4, 0.5) is 17.6 Å². The van der Waals surface area contributed by atoms with E-state index in [0.717, 1.165) is 24.6 Å². The Labute approximate surface area is 244 Å². The first-order chi connectivity index (χ1) is 20.6. The summed E-state index contributed by atoms with van der Waals surface area (Å²) in [5.41, 5.74) is -0.192. The van der Waals surface area contributed by atoms with Gasteiger partial charge in [-0.15, -0.1) is 0 Å². The zero-order chi connectivity index (χ0) is 31.5. The molecule has 0 heterocycles. The molecule has 7 nitrogen and oxygen atoms in total. The van der Waals surface area contributed by atoms with Crippen LogP contribution < -0.4 is 14.2 Å². The van der Waals surface area contributed by atoms with E-state index in [1.165, 1.54) is 48.5 Å². The van der Waals surface area contributed by atoms with Gasteiger partial charge in [0.15, 0.2) is 0 Å². The standard InChI is InChI=1S/C17H13F2NO3.C15H9F2NO2/c1-2-7-22-12-5-6-14(16(19)8-12)17(21)23-13-4-3-11(10-20)15(18)9-13;1-9-2-5-12(14(17)6-9)15(19)20-11-4-3-10(8-18)13(16)7-11/h3-6,8-9H,2,7H2,1H3;2-7H,1H3. The Morgan fingerprint density at radius 2 is 1.09 bits per heavy atom. The zero-order valence-corrected chi connectivity index (χ0v) is 22.8. The van der Waals surface area contributed by atoms with Crippen molar-refractivity contribution in [2.45, 2.75) is 20.3 Å². The highest BCUT2D eigenvalue weighted by atomic mass is 19.1. The van der Waals surface area contributed by atoms with E-state index in [1.807, 2.05) is 6.92 Å². The van der Waals surface area contributed by atoms with E-state index in [0.29, 0.717) is 17.9 Å². The minimum atomic E-state index is -0.964. The number of hydrogen-bond acceptors (Lipinski definition) is 7. The highest BCUT2D eigenvalue weighted by Gasteiger charge is 2.17. The molecule has 0 aliphatic rings. The molecule has 0 radical (unpaired) electrons. The average molecular weight is 591 g/mol. The summed E-state index contributed by atoms with van der Waals surface area (Å²) in [5.74, 6) is -4.90. The van der Waals surface area contributed by atoms with Gasteiger partial charge in [0, 0.05) is 18.2 Å². The largest absolute Gasteiger partial charge is 0.494 e. The summed E-state index contributed by atoms with van der Waals surface area (Å²) in [6.45, 7) is 4.04. The Hall–Kier alpha value is -5.68. The van der Waals surface area contributed by atoms with E-state index in [2.05, 4.69) is 0 Å². The van der Waals surface area contributed by atoms with Crippen molar-refractivity contribution in [3.8, 4) is 29.4 Å². The van der Waals surface area contributed by atoms with Crippen LogP contribution >= 0.6 is 0 Å². The Bertz CT molecular complexity index is 1750. The van der Waals surface area contributed by atoms with Crippen LogP contribution in [0.2, 0.25) is 0 Å². The van der Waals surface area contributed by atoms with Crippen molar-refractivity contribution in [2.75, 3.05) is 6.61 Å². The molecule has 218 valence electrons. The molecule has 43 heavy (non-hydrogen) atoms. The molecule has 11 heteroatoms. The Morgan fingerprint density at radius 1 is 0.651 bits per heavy atom. The Balaban J connectivity index is 0.000000238. The van der Waals surface area contributed by atoms with Gasteiger partial charge in [-0.3, -0.25) is 0 Å². The fourth-order valence-electron chi connectivity index (χ4n) is 3.38. The number of benzene rings is 4.